The van der Waals surface area contributed by atoms with Gasteiger partial charge in [-0.1, -0.05) is 44.7 Å². The van der Waals surface area contributed by atoms with Crippen molar-refractivity contribution in [2.45, 2.75) is 51.7 Å². The average Bonchev–Trinajstić information content (AvgIpc) is 2.71. The molecule has 0 spiro atoms. The maximum atomic E-state index is 5.69. The van der Waals surface area contributed by atoms with Crippen molar-refractivity contribution in [3.63, 3.8) is 0 Å². The molecule has 1 heterocycles. The van der Waals surface area contributed by atoms with Gasteiger partial charge in [0.05, 0.1) is 0 Å². The first-order valence-electron chi connectivity index (χ1n) is 6.32. The second kappa shape index (κ2) is 5.78. The van der Waals surface area contributed by atoms with Gasteiger partial charge in [-0.3, -0.25) is 0 Å². The predicted molar refractivity (Wildman–Crippen MR) is 64.9 cm³/mol. The van der Waals surface area contributed by atoms with Gasteiger partial charge in [0, 0.05) is 6.42 Å². The van der Waals surface area contributed by atoms with E-state index in [1.54, 1.807) is 0 Å². The molecule has 0 aliphatic carbocycles. The molecule has 0 radical (unpaired) electrons. The fourth-order valence-electron chi connectivity index (χ4n) is 1.98. The molecule has 0 N–H and O–H groups in total. The molecule has 88 valence electrons. The third kappa shape index (κ3) is 2.91. The minimum Gasteiger partial charge on any atom is -0.451 e. The van der Waals surface area contributed by atoms with Gasteiger partial charge in [0.2, 0.25) is 6.29 Å². The second-order valence-corrected chi connectivity index (χ2v) is 4.31. The second-order valence-electron chi connectivity index (χ2n) is 4.31. The first-order chi connectivity index (χ1) is 7.90. The highest BCUT2D eigenvalue weighted by molar-refractivity contribution is 5.41. The van der Waals surface area contributed by atoms with E-state index < -0.39 is 0 Å². The molecule has 1 aliphatic rings. The molecule has 2 rings (SSSR count). The van der Waals surface area contributed by atoms with Crippen LogP contribution in [0.2, 0.25) is 0 Å². The third-order valence-electron chi connectivity index (χ3n) is 2.91. The Morgan fingerprint density at radius 1 is 0.938 bits per heavy atom. The Bertz CT molecular complexity index is 297. The van der Waals surface area contributed by atoms with Crippen LogP contribution in [0.25, 0.3) is 0 Å². The molecule has 2 nitrogen and oxygen atoms in total. The average molecular weight is 220 g/mol. The van der Waals surface area contributed by atoms with E-state index in [0.717, 1.165) is 17.9 Å². The van der Waals surface area contributed by atoms with Crippen LogP contribution in [0.3, 0.4) is 0 Å². The predicted octanol–water partition coefficient (Wildman–Crippen LogP) is 4.14. The Morgan fingerprint density at radius 3 is 2.19 bits per heavy atom. The maximum absolute atomic E-state index is 5.69. The van der Waals surface area contributed by atoms with Gasteiger partial charge in [-0.25, -0.2) is 0 Å². The minimum absolute atomic E-state index is 0.0565. The summed E-state index contributed by atoms with van der Waals surface area (Å²) in [5, 5.41) is 0. The SMILES string of the molecule is CCCCCCCC1Oc2ccccc2O1. The van der Waals surface area contributed by atoms with E-state index >= 15 is 0 Å². The van der Waals surface area contributed by atoms with Crippen LogP contribution in [0.5, 0.6) is 11.5 Å². The zero-order valence-corrected chi connectivity index (χ0v) is 9.95. The van der Waals surface area contributed by atoms with Gasteiger partial charge in [0.25, 0.3) is 0 Å². The number of para-hydroxylation sites is 2. The molecule has 1 aliphatic heterocycles. The summed E-state index contributed by atoms with van der Waals surface area (Å²) in [6.45, 7) is 2.24. The van der Waals surface area contributed by atoms with Crippen LogP contribution in [-0.4, -0.2) is 6.29 Å². The van der Waals surface area contributed by atoms with Gasteiger partial charge < -0.3 is 9.47 Å². The van der Waals surface area contributed by atoms with E-state index in [0.29, 0.717) is 0 Å². The topological polar surface area (TPSA) is 18.5 Å². The number of ether oxygens (including phenoxy) is 2. The lowest BCUT2D eigenvalue weighted by Crippen LogP contribution is -2.17. The van der Waals surface area contributed by atoms with Crippen molar-refractivity contribution in [2.75, 3.05) is 0 Å². The van der Waals surface area contributed by atoms with Crippen molar-refractivity contribution in [2.24, 2.45) is 0 Å². The number of rotatable bonds is 6. The molecule has 1 aromatic rings. The molecule has 0 bridgehead atoms. The molecular formula is C14H20O2. The summed E-state index contributed by atoms with van der Waals surface area (Å²) < 4.78 is 11.4. The fourth-order valence-corrected chi connectivity index (χ4v) is 1.98. The number of unbranched alkanes of at least 4 members (excludes halogenated alkanes) is 4. The summed E-state index contributed by atoms with van der Waals surface area (Å²) in [7, 11) is 0. The van der Waals surface area contributed by atoms with Gasteiger partial charge in [0.1, 0.15) is 0 Å². The number of benzene rings is 1. The Morgan fingerprint density at radius 2 is 1.56 bits per heavy atom. The smallest absolute Gasteiger partial charge is 0.241 e. The minimum atomic E-state index is -0.0565. The van der Waals surface area contributed by atoms with Crippen LogP contribution in [0.1, 0.15) is 45.4 Å². The summed E-state index contributed by atoms with van der Waals surface area (Å²) in [5.74, 6) is 1.78. The number of hydrogen-bond acceptors (Lipinski definition) is 2. The molecular weight excluding hydrogens is 200 g/mol. The van der Waals surface area contributed by atoms with Gasteiger partial charge in [-0.05, 0) is 18.6 Å². The van der Waals surface area contributed by atoms with Crippen LogP contribution < -0.4 is 9.47 Å². The molecule has 0 amide bonds. The Kier molecular flexibility index (Phi) is 4.09. The molecule has 0 fully saturated rings. The van der Waals surface area contributed by atoms with E-state index in [-0.39, 0.29) is 6.29 Å². The first-order valence-corrected chi connectivity index (χ1v) is 6.32. The van der Waals surface area contributed by atoms with E-state index in [4.69, 9.17) is 9.47 Å². The zero-order valence-electron chi connectivity index (χ0n) is 9.95. The first kappa shape index (κ1) is 11.3. The lowest BCUT2D eigenvalue weighted by molar-refractivity contribution is 0.0395. The number of fused-ring (bicyclic) bond motifs is 1. The van der Waals surface area contributed by atoms with Gasteiger partial charge >= 0.3 is 0 Å². The van der Waals surface area contributed by atoms with Gasteiger partial charge in [-0.2, -0.15) is 0 Å². The van der Waals surface area contributed by atoms with Gasteiger partial charge in [-0.15, -0.1) is 0 Å². The highest BCUT2D eigenvalue weighted by Crippen LogP contribution is 2.35. The maximum Gasteiger partial charge on any atom is 0.241 e. The van der Waals surface area contributed by atoms with Crippen LogP contribution in [0.15, 0.2) is 24.3 Å². The molecule has 1 aromatic carbocycles. The van der Waals surface area contributed by atoms with Crippen molar-refractivity contribution in [3.05, 3.63) is 24.3 Å². The molecule has 0 atom stereocenters. The highest BCUT2D eigenvalue weighted by atomic mass is 16.7. The normalized spacial score (nSPS) is 14.3. The molecule has 0 saturated carbocycles. The Labute approximate surface area is 97.6 Å². The van der Waals surface area contributed by atoms with E-state index in [9.17, 15) is 0 Å². The van der Waals surface area contributed by atoms with Crippen LogP contribution in [0.4, 0.5) is 0 Å². The molecule has 2 heteroatoms. The molecule has 0 aromatic heterocycles. The Balaban J connectivity index is 1.67. The van der Waals surface area contributed by atoms with Gasteiger partial charge in [0.15, 0.2) is 11.5 Å². The van der Waals surface area contributed by atoms with Crippen LogP contribution in [0, 0.1) is 0 Å². The largest absolute Gasteiger partial charge is 0.451 e. The summed E-state index contributed by atoms with van der Waals surface area (Å²) in [6, 6.07) is 7.89. The zero-order chi connectivity index (χ0) is 11.2. The third-order valence-corrected chi connectivity index (χ3v) is 2.91. The lowest BCUT2D eigenvalue weighted by Gasteiger charge is -2.09. The number of hydrogen-bond donors (Lipinski definition) is 0. The van der Waals surface area contributed by atoms with Crippen LogP contribution in [-0.2, 0) is 0 Å². The molecule has 0 saturated heterocycles. The van der Waals surface area contributed by atoms with E-state index in [1.165, 1.54) is 32.1 Å². The fraction of sp³-hybridized carbons (Fsp3) is 0.571. The van der Waals surface area contributed by atoms with Crippen molar-refractivity contribution < 1.29 is 9.47 Å². The van der Waals surface area contributed by atoms with Crippen molar-refractivity contribution in [1.29, 1.82) is 0 Å². The molecule has 16 heavy (non-hydrogen) atoms. The van der Waals surface area contributed by atoms with Crippen molar-refractivity contribution in [1.82, 2.24) is 0 Å². The summed E-state index contributed by atoms with van der Waals surface area (Å²) in [5.41, 5.74) is 0. The lowest BCUT2D eigenvalue weighted by atomic mass is 10.1. The van der Waals surface area contributed by atoms with E-state index in [1.807, 2.05) is 24.3 Å². The van der Waals surface area contributed by atoms with E-state index in [2.05, 4.69) is 6.92 Å². The Hall–Kier alpha value is -1.18. The standard InChI is InChI=1S/C14H20O2/c1-2-3-4-5-6-11-14-15-12-9-7-8-10-13(12)16-14/h7-10,14H,2-6,11H2,1H3. The van der Waals surface area contributed by atoms with Crippen molar-refractivity contribution >= 4 is 0 Å². The summed E-state index contributed by atoms with van der Waals surface area (Å²) in [6.07, 6.45) is 7.38. The monoisotopic (exact) mass is 220 g/mol. The summed E-state index contributed by atoms with van der Waals surface area (Å²) in [4.78, 5) is 0. The van der Waals surface area contributed by atoms with Crippen LogP contribution >= 0.6 is 0 Å². The highest BCUT2D eigenvalue weighted by Gasteiger charge is 2.22. The van der Waals surface area contributed by atoms with Crippen molar-refractivity contribution in [3.8, 4) is 11.5 Å². The summed E-state index contributed by atoms with van der Waals surface area (Å²) >= 11 is 0. The quantitative estimate of drug-likeness (QED) is 0.671. The molecule has 0 unspecified atom stereocenters.